The molecule has 0 atom stereocenters. The molecule has 2 rings (SSSR count). The molecule has 0 aliphatic heterocycles. The lowest BCUT2D eigenvalue weighted by Gasteiger charge is -2.28. The lowest BCUT2D eigenvalue weighted by atomic mass is 9.79. The van der Waals surface area contributed by atoms with Gasteiger partial charge in [0.15, 0.2) is 6.29 Å². The second kappa shape index (κ2) is 7.90. The first-order valence-electron chi connectivity index (χ1n) is 9.11. The fourth-order valence-electron chi connectivity index (χ4n) is 2.77. The van der Waals surface area contributed by atoms with E-state index in [0.29, 0.717) is 17.9 Å². The number of rotatable bonds is 5. The molecule has 0 fully saturated rings. The molecule has 0 unspecified atom stereocenters. The Bertz CT molecular complexity index is 772. The highest BCUT2D eigenvalue weighted by Crippen LogP contribution is 2.37. The van der Waals surface area contributed by atoms with Crippen molar-refractivity contribution >= 4 is 12.4 Å². The fourth-order valence-corrected chi connectivity index (χ4v) is 2.77. The van der Waals surface area contributed by atoms with Crippen molar-refractivity contribution in [3.8, 4) is 5.75 Å². The summed E-state index contributed by atoms with van der Waals surface area (Å²) in [7, 11) is 0. The fraction of sp³-hybridized carbons (Fsp3) is 0.375. The van der Waals surface area contributed by atoms with Crippen LogP contribution in [-0.4, -0.2) is 12.9 Å². The third-order valence-electron chi connectivity index (χ3n) is 4.35. The Labute approximate surface area is 157 Å². The van der Waals surface area contributed by atoms with Crippen molar-refractivity contribution in [3.05, 3.63) is 70.8 Å². The molecule has 0 radical (unpaired) electrons. The summed E-state index contributed by atoms with van der Waals surface area (Å²) < 4.78 is 6.06. The molecular weight excluding hydrogens is 320 g/mol. The molecule has 0 aliphatic carbocycles. The molecule has 2 aromatic carbocycles. The van der Waals surface area contributed by atoms with Crippen molar-refractivity contribution in [1.29, 1.82) is 0 Å². The van der Waals surface area contributed by atoms with Crippen LogP contribution >= 0.6 is 0 Å². The van der Waals surface area contributed by atoms with Gasteiger partial charge in [0.1, 0.15) is 12.4 Å². The summed E-state index contributed by atoms with van der Waals surface area (Å²) in [5.74, 6) is 0.693. The Hall–Kier alpha value is -2.35. The highest BCUT2D eigenvalue weighted by atomic mass is 16.5. The number of hydrogen-bond donors (Lipinski definition) is 0. The standard InChI is InChI=1S/C24H30O2/c1-23(2,3)20-15-19(17-25)22(21(16-20)24(4,5)6)26-14-10-13-18-11-8-7-9-12-18/h7-13,15-17H,14H2,1-6H3/b13-10+. The number of ether oxygens (including phenoxy) is 1. The summed E-state index contributed by atoms with van der Waals surface area (Å²) in [6.45, 7) is 13.3. The third-order valence-corrected chi connectivity index (χ3v) is 4.35. The van der Waals surface area contributed by atoms with E-state index in [2.05, 4.69) is 47.6 Å². The number of hydrogen-bond acceptors (Lipinski definition) is 2. The van der Waals surface area contributed by atoms with Crippen LogP contribution in [0.1, 0.15) is 68.6 Å². The zero-order valence-corrected chi connectivity index (χ0v) is 16.8. The number of carbonyl (C=O) groups is 1. The summed E-state index contributed by atoms with van der Waals surface area (Å²) in [5.41, 5.74) is 3.83. The summed E-state index contributed by atoms with van der Waals surface area (Å²) in [6.07, 6.45) is 4.91. The molecule has 0 heterocycles. The maximum atomic E-state index is 11.7. The Balaban J connectivity index is 2.34. The van der Waals surface area contributed by atoms with Gasteiger partial charge in [-0.2, -0.15) is 0 Å². The number of carbonyl (C=O) groups excluding carboxylic acids is 1. The second-order valence-electron chi connectivity index (χ2n) is 8.68. The molecular formula is C24H30O2. The average Bonchev–Trinajstić information content (AvgIpc) is 2.57. The van der Waals surface area contributed by atoms with Crippen LogP contribution in [0.5, 0.6) is 5.75 Å². The molecule has 26 heavy (non-hydrogen) atoms. The van der Waals surface area contributed by atoms with E-state index in [1.807, 2.05) is 48.6 Å². The normalized spacial score (nSPS) is 12.4. The predicted molar refractivity (Wildman–Crippen MR) is 110 cm³/mol. The lowest BCUT2D eigenvalue weighted by Crippen LogP contribution is -2.19. The quantitative estimate of drug-likeness (QED) is 0.601. The van der Waals surface area contributed by atoms with Crippen molar-refractivity contribution in [2.24, 2.45) is 0 Å². The van der Waals surface area contributed by atoms with Gasteiger partial charge in [0.2, 0.25) is 0 Å². The molecule has 0 bridgehead atoms. The molecule has 0 aliphatic rings. The minimum atomic E-state index is -0.114. The Morgan fingerprint density at radius 3 is 2.12 bits per heavy atom. The SMILES string of the molecule is CC(C)(C)c1cc(C=O)c(OC/C=C/c2ccccc2)c(C(C)(C)C)c1. The highest BCUT2D eigenvalue weighted by Gasteiger charge is 2.25. The number of benzene rings is 2. The summed E-state index contributed by atoms with van der Waals surface area (Å²) >= 11 is 0. The number of aldehydes is 1. The molecule has 0 amide bonds. The molecule has 0 N–H and O–H groups in total. The highest BCUT2D eigenvalue weighted by molar-refractivity contribution is 5.81. The second-order valence-corrected chi connectivity index (χ2v) is 8.68. The monoisotopic (exact) mass is 350 g/mol. The van der Waals surface area contributed by atoms with Crippen molar-refractivity contribution in [2.45, 2.75) is 52.4 Å². The van der Waals surface area contributed by atoms with Crippen LogP contribution in [0, 0.1) is 0 Å². The van der Waals surface area contributed by atoms with Gasteiger partial charge in [0, 0.05) is 5.56 Å². The van der Waals surface area contributed by atoms with Crippen LogP contribution in [0.25, 0.3) is 6.08 Å². The van der Waals surface area contributed by atoms with Crippen molar-refractivity contribution in [1.82, 2.24) is 0 Å². The smallest absolute Gasteiger partial charge is 0.153 e. The minimum absolute atomic E-state index is 0.0243. The van der Waals surface area contributed by atoms with Gasteiger partial charge in [-0.05, 0) is 34.1 Å². The van der Waals surface area contributed by atoms with Crippen molar-refractivity contribution in [3.63, 3.8) is 0 Å². The minimum Gasteiger partial charge on any atom is -0.488 e. The first-order valence-corrected chi connectivity index (χ1v) is 9.11. The third kappa shape index (κ3) is 5.08. The largest absolute Gasteiger partial charge is 0.488 e. The summed E-state index contributed by atoms with van der Waals surface area (Å²) in [5, 5.41) is 0. The molecule has 2 heteroatoms. The van der Waals surface area contributed by atoms with Gasteiger partial charge in [0.25, 0.3) is 0 Å². The topological polar surface area (TPSA) is 26.3 Å². The maximum Gasteiger partial charge on any atom is 0.153 e. The Kier molecular flexibility index (Phi) is 6.07. The lowest BCUT2D eigenvalue weighted by molar-refractivity contribution is 0.111. The van der Waals surface area contributed by atoms with E-state index in [0.717, 1.165) is 23.0 Å². The van der Waals surface area contributed by atoms with Crippen LogP contribution in [0.15, 0.2) is 48.5 Å². The zero-order chi connectivity index (χ0) is 19.4. The van der Waals surface area contributed by atoms with Gasteiger partial charge in [-0.1, -0.05) is 84.0 Å². The summed E-state index contributed by atoms with van der Waals surface area (Å²) in [6, 6.07) is 14.2. The van der Waals surface area contributed by atoms with Crippen LogP contribution in [0.4, 0.5) is 0 Å². The van der Waals surface area contributed by atoms with Gasteiger partial charge in [-0.25, -0.2) is 0 Å². The van der Waals surface area contributed by atoms with Crippen LogP contribution in [0.2, 0.25) is 0 Å². The van der Waals surface area contributed by atoms with E-state index in [1.54, 1.807) is 0 Å². The van der Waals surface area contributed by atoms with Crippen molar-refractivity contribution < 1.29 is 9.53 Å². The van der Waals surface area contributed by atoms with E-state index in [4.69, 9.17) is 4.74 Å². The molecule has 0 saturated heterocycles. The van der Waals surface area contributed by atoms with Gasteiger partial charge in [-0.15, -0.1) is 0 Å². The first-order chi connectivity index (χ1) is 12.1. The molecule has 0 spiro atoms. The van der Waals surface area contributed by atoms with E-state index in [9.17, 15) is 4.79 Å². The van der Waals surface area contributed by atoms with Crippen LogP contribution < -0.4 is 4.74 Å². The van der Waals surface area contributed by atoms with Gasteiger partial charge in [0.05, 0.1) is 5.56 Å². The molecule has 0 aromatic heterocycles. The van der Waals surface area contributed by atoms with E-state index >= 15 is 0 Å². The Morgan fingerprint density at radius 1 is 0.923 bits per heavy atom. The predicted octanol–water partition coefficient (Wildman–Crippen LogP) is 6.19. The zero-order valence-electron chi connectivity index (χ0n) is 16.8. The average molecular weight is 351 g/mol. The van der Waals surface area contributed by atoms with Crippen LogP contribution in [-0.2, 0) is 10.8 Å². The molecule has 2 aromatic rings. The van der Waals surface area contributed by atoms with Gasteiger partial charge >= 0.3 is 0 Å². The maximum absolute atomic E-state index is 11.7. The Morgan fingerprint density at radius 2 is 1.58 bits per heavy atom. The van der Waals surface area contributed by atoms with E-state index in [-0.39, 0.29) is 10.8 Å². The van der Waals surface area contributed by atoms with Gasteiger partial charge in [-0.3, -0.25) is 4.79 Å². The molecule has 2 nitrogen and oxygen atoms in total. The van der Waals surface area contributed by atoms with E-state index in [1.165, 1.54) is 0 Å². The van der Waals surface area contributed by atoms with Crippen LogP contribution in [0.3, 0.4) is 0 Å². The van der Waals surface area contributed by atoms with E-state index < -0.39 is 0 Å². The molecule has 0 saturated carbocycles. The summed E-state index contributed by atoms with van der Waals surface area (Å²) in [4.78, 5) is 11.7. The van der Waals surface area contributed by atoms with Crippen molar-refractivity contribution in [2.75, 3.05) is 6.61 Å². The molecule has 138 valence electrons. The van der Waals surface area contributed by atoms with Gasteiger partial charge < -0.3 is 4.74 Å². The first kappa shape index (κ1) is 20.0.